The zero-order valence-electron chi connectivity index (χ0n) is 14.0. The van der Waals surface area contributed by atoms with Gasteiger partial charge in [-0.25, -0.2) is 4.79 Å². The molecule has 8 heteroatoms. The summed E-state index contributed by atoms with van der Waals surface area (Å²) in [5, 5.41) is 3.54. The minimum absolute atomic E-state index is 0.133. The highest BCUT2D eigenvalue weighted by Crippen LogP contribution is 2.36. The van der Waals surface area contributed by atoms with E-state index in [1.165, 1.54) is 7.11 Å². The molecule has 0 amide bonds. The van der Waals surface area contributed by atoms with Crippen LogP contribution in [0, 0.1) is 0 Å². The number of benzene rings is 1. The van der Waals surface area contributed by atoms with Gasteiger partial charge in [-0.15, -0.1) is 0 Å². The second-order valence-corrected chi connectivity index (χ2v) is 6.43. The third kappa shape index (κ3) is 3.50. The number of methoxy groups -OCH3 is 1. The van der Waals surface area contributed by atoms with Crippen LogP contribution < -0.4 is 5.46 Å². The molecule has 1 saturated heterocycles. The quantitative estimate of drug-likeness (QED) is 0.280. The maximum atomic E-state index is 11.9. The molecule has 0 radical (unpaired) electrons. The van der Waals surface area contributed by atoms with Gasteiger partial charge >= 0.3 is 13.1 Å². The van der Waals surface area contributed by atoms with Gasteiger partial charge in [0.15, 0.2) is 0 Å². The standard InChI is InChI=1S/C15H20BN3O4/c1-14(2)15(3,4)23-16(22-14)12-7-10(9-18-19-17)6-11(8-12)13(20)21-5/h6-8H,9H2,1-5H3. The summed E-state index contributed by atoms with van der Waals surface area (Å²) in [5.41, 5.74) is 9.27. The fourth-order valence-electron chi connectivity index (χ4n) is 2.27. The van der Waals surface area contributed by atoms with Crippen LogP contribution in [-0.2, 0) is 20.6 Å². The first-order chi connectivity index (χ1) is 10.7. The smallest absolute Gasteiger partial charge is 0.465 e. The first-order valence-electron chi connectivity index (χ1n) is 7.29. The molecule has 1 aliphatic heterocycles. The third-order valence-electron chi connectivity index (χ3n) is 4.28. The van der Waals surface area contributed by atoms with Gasteiger partial charge in [0.05, 0.1) is 30.4 Å². The average Bonchev–Trinajstić information content (AvgIpc) is 2.72. The van der Waals surface area contributed by atoms with Crippen molar-refractivity contribution in [3.8, 4) is 0 Å². The first-order valence-corrected chi connectivity index (χ1v) is 7.29. The SMILES string of the molecule is COC(=O)c1cc(CN=[N+]=[N-])cc(B2OC(C)(C)C(C)(C)O2)c1. The third-order valence-corrected chi connectivity index (χ3v) is 4.28. The van der Waals surface area contributed by atoms with Gasteiger partial charge in [-0.3, -0.25) is 0 Å². The number of esters is 1. The Morgan fingerprint density at radius 3 is 2.39 bits per heavy atom. The van der Waals surface area contributed by atoms with E-state index in [1.807, 2.05) is 33.8 Å². The lowest BCUT2D eigenvalue weighted by molar-refractivity contribution is 0.00578. The van der Waals surface area contributed by atoms with Crippen LogP contribution in [0.1, 0.15) is 43.6 Å². The highest BCUT2D eigenvalue weighted by atomic mass is 16.7. The molecule has 1 aromatic rings. The number of hydrogen-bond donors (Lipinski definition) is 0. The van der Waals surface area contributed by atoms with Crippen molar-refractivity contribution in [2.24, 2.45) is 5.11 Å². The Morgan fingerprint density at radius 1 is 1.26 bits per heavy atom. The van der Waals surface area contributed by atoms with Crippen molar-refractivity contribution in [3.63, 3.8) is 0 Å². The van der Waals surface area contributed by atoms with E-state index in [0.717, 1.165) is 0 Å². The molecule has 0 bridgehead atoms. The van der Waals surface area contributed by atoms with Gasteiger partial charge in [0.25, 0.3) is 0 Å². The van der Waals surface area contributed by atoms with Gasteiger partial charge in [0.2, 0.25) is 0 Å². The van der Waals surface area contributed by atoms with Crippen molar-refractivity contribution in [3.05, 3.63) is 39.8 Å². The molecule has 0 aromatic heterocycles. The van der Waals surface area contributed by atoms with E-state index in [4.69, 9.17) is 19.6 Å². The van der Waals surface area contributed by atoms with Crippen molar-refractivity contribution in [1.82, 2.24) is 0 Å². The van der Waals surface area contributed by atoms with Crippen molar-refractivity contribution < 1.29 is 18.8 Å². The molecule has 1 fully saturated rings. The Kier molecular flexibility index (Phi) is 4.70. The molecule has 7 nitrogen and oxygen atoms in total. The summed E-state index contributed by atoms with van der Waals surface area (Å²) < 4.78 is 16.8. The topological polar surface area (TPSA) is 93.5 Å². The molecule has 2 rings (SSSR count). The largest absolute Gasteiger partial charge is 0.494 e. The van der Waals surface area contributed by atoms with E-state index >= 15 is 0 Å². The number of carbonyl (C=O) groups is 1. The fraction of sp³-hybridized carbons (Fsp3) is 0.533. The maximum Gasteiger partial charge on any atom is 0.494 e. The average molecular weight is 317 g/mol. The van der Waals surface area contributed by atoms with Gasteiger partial charge in [-0.2, -0.15) is 0 Å². The predicted octanol–water partition coefficient (Wildman–Crippen LogP) is 2.58. The Labute approximate surface area is 135 Å². The zero-order valence-corrected chi connectivity index (χ0v) is 14.0. The van der Waals surface area contributed by atoms with Gasteiger partial charge in [-0.05, 0) is 56.4 Å². The van der Waals surface area contributed by atoms with Crippen molar-refractivity contribution in [2.75, 3.05) is 7.11 Å². The van der Waals surface area contributed by atoms with Crippen LogP contribution in [0.25, 0.3) is 10.4 Å². The van der Waals surface area contributed by atoms with Gasteiger partial charge in [0.1, 0.15) is 0 Å². The van der Waals surface area contributed by atoms with E-state index in [-0.39, 0.29) is 6.54 Å². The molecule has 23 heavy (non-hydrogen) atoms. The summed E-state index contributed by atoms with van der Waals surface area (Å²) >= 11 is 0. The van der Waals surface area contributed by atoms with Gasteiger partial charge in [0, 0.05) is 4.91 Å². The molecule has 1 aromatic carbocycles. The lowest BCUT2D eigenvalue weighted by Gasteiger charge is -2.32. The minimum atomic E-state index is -0.602. The zero-order chi connectivity index (χ0) is 17.3. The Balaban J connectivity index is 2.41. The van der Waals surface area contributed by atoms with Crippen LogP contribution in [0.5, 0.6) is 0 Å². The summed E-state index contributed by atoms with van der Waals surface area (Å²) in [6.07, 6.45) is 0. The molecule has 0 saturated carbocycles. The first kappa shape index (κ1) is 17.3. The molecule has 1 heterocycles. The lowest BCUT2D eigenvalue weighted by Crippen LogP contribution is -2.41. The summed E-state index contributed by atoms with van der Waals surface area (Å²) in [6.45, 7) is 7.96. The summed E-state index contributed by atoms with van der Waals surface area (Å²) in [5.74, 6) is -0.467. The Bertz CT molecular complexity index is 653. The Hall–Kier alpha value is -2.02. The van der Waals surface area contributed by atoms with Gasteiger partial charge in [-0.1, -0.05) is 11.2 Å². The second kappa shape index (κ2) is 6.24. The molecule has 0 N–H and O–H groups in total. The number of hydrogen-bond acceptors (Lipinski definition) is 5. The highest BCUT2D eigenvalue weighted by Gasteiger charge is 2.51. The Morgan fingerprint density at radius 2 is 1.87 bits per heavy atom. The van der Waals surface area contributed by atoms with E-state index in [9.17, 15) is 4.79 Å². The fourth-order valence-corrected chi connectivity index (χ4v) is 2.27. The monoisotopic (exact) mass is 317 g/mol. The van der Waals surface area contributed by atoms with E-state index in [0.29, 0.717) is 16.6 Å². The van der Waals surface area contributed by atoms with Crippen molar-refractivity contribution in [1.29, 1.82) is 0 Å². The van der Waals surface area contributed by atoms with Crippen LogP contribution in [-0.4, -0.2) is 31.4 Å². The maximum absolute atomic E-state index is 11.9. The van der Waals surface area contributed by atoms with E-state index in [2.05, 4.69) is 10.0 Å². The minimum Gasteiger partial charge on any atom is -0.465 e. The summed E-state index contributed by atoms with van der Waals surface area (Å²) in [4.78, 5) is 14.6. The summed E-state index contributed by atoms with van der Waals surface area (Å²) in [7, 11) is 0.714. The molecule has 1 aliphatic rings. The predicted molar refractivity (Wildman–Crippen MR) is 86.3 cm³/mol. The van der Waals surface area contributed by atoms with E-state index < -0.39 is 24.3 Å². The number of nitrogens with zero attached hydrogens (tertiary/aromatic N) is 3. The van der Waals surface area contributed by atoms with Crippen LogP contribution in [0.15, 0.2) is 23.3 Å². The number of rotatable bonds is 4. The van der Waals surface area contributed by atoms with Crippen LogP contribution in [0.2, 0.25) is 0 Å². The lowest BCUT2D eigenvalue weighted by atomic mass is 9.77. The molecule has 0 atom stereocenters. The molecule has 0 spiro atoms. The molecule has 122 valence electrons. The van der Waals surface area contributed by atoms with Crippen LogP contribution in [0.3, 0.4) is 0 Å². The molecular weight excluding hydrogens is 297 g/mol. The number of azide groups is 1. The molecule has 0 aliphatic carbocycles. The number of carbonyl (C=O) groups excluding carboxylic acids is 1. The van der Waals surface area contributed by atoms with Crippen molar-refractivity contribution in [2.45, 2.75) is 45.4 Å². The van der Waals surface area contributed by atoms with Crippen LogP contribution in [0.4, 0.5) is 0 Å². The molecule has 0 unspecified atom stereocenters. The second-order valence-electron chi connectivity index (χ2n) is 6.43. The van der Waals surface area contributed by atoms with Crippen molar-refractivity contribution >= 4 is 18.6 Å². The number of ether oxygens (including phenoxy) is 1. The highest BCUT2D eigenvalue weighted by molar-refractivity contribution is 6.62. The van der Waals surface area contributed by atoms with Gasteiger partial charge < -0.3 is 14.0 Å². The van der Waals surface area contributed by atoms with E-state index in [1.54, 1.807) is 12.1 Å². The normalized spacial score (nSPS) is 18.4. The summed E-state index contributed by atoms with van der Waals surface area (Å²) in [6, 6.07) is 5.12. The molecular formula is C15H20BN3O4. The van der Waals surface area contributed by atoms with Crippen LogP contribution >= 0.6 is 0 Å².